The van der Waals surface area contributed by atoms with Crippen LogP contribution in [0.15, 0.2) is 24.3 Å². The summed E-state index contributed by atoms with van der Waals surface area (Å²) in [7, 11) is 1.86. The first-order valence-corrected chi connectivity index (χ1v) is 6.73. The van der Waals surface area contributed by atoms with Crippen molar-refractivity contribution in [3.05, 3.63) is 29.8 Å². The molecule has 2 rings (SSSR count). The number of benzene rings is 1. The Labute approximate surface area is 114 Å². The molecule has 1 heterocycles. The van der Waals surface area contributed by atoms with Crippen LogP contribution in [0.25, 0.3) is 0 Å². The lowest BCUT2D eigenvalue weighted by Crippen LogP contribution is -2.45. The Hall–Kier alpha value is -1.55. The molecular weight excluding hydrogens is 240 g/mol. The minimum Gasteiger partial charge on any atom is -0.388 e. The Morgan fingerprint density at radius 1 is 1.32 bits per heavy atom. The summed E-state index contributed by atoms with van der Waals surface area (Å²) in [5.41, 5.74) is 1.55. The second-order valence-corrected chi connectivity index (χ2v) is 5.60. The minimum atomic E-state index is -0.147. The summed E-state index contributed by atoms with van der Waals surface area (Å²) in [6, 6.07) is 7.68. The summed E-state index contributed by atoms with van der Waals surface area (Å²) in [6.45, 7) is 4.83. The molecule has 1 fully saturated rings. The largest absolute Gasteiger partial charge is 0.388 e. The van der Waals surface area contributed by atoms with E-state index in [9.17, 15) is 4.79 Å². The van der Waals surface area contributed by atoms with Crippen molar-refractivity contribution >= 4 is 11.6 Å². The van der Waals surface area contributed by atoms with Gasteiger partial charge in [0.25, 0.3) is 5.91 Å². The lowest BCUT2D eigenvalue weighted by Gasteiger charge is -2.35. The monoisotopic (exact) mass is 262 g/mol. The van der Waals surface area contributed by atoms with Crippen LogP contribution in [-0.2, 0) is 4.74 Å². The van der Waals surface area contributed by atoms with Gasteiger partial charge in [0.2, 0.25) is 0 Å². The van der Waals surface area contributed by atoms with Gasteiger partial charge in [0.1, 0.15) is 0 Å². The van der Waals surface area contributed by atoms with Crippen molar-refractivity contribution in [2.75, 3.05) is 19.0 Å². The molecule has 1 aromatic rings. The van der Waals surface area contributed by atoms with Gasteiger partial charge in [-0.3, -0.25) is 4.79 Å². The summed E-state index contributed by atoms with van der Waals surface area (Å²) in [4.78, 5) is 12.2. The predicted octanol–water partition coefficient (Wildman–Crippen LogP) is 2.42. The van der Waals surface area contributed by atoms with Gasteiger partial charge < -0.3 is 15.4 Å². The van der Waals surface area contributed by atoms with Gasteiger partial charge in [-0.15, -0.1) is 0 Å². The van der Waals surface area contributed by atoms with Crippen LogP contribution < -0.4 is 10.6 Å². The number of rotatable bonds is 3. The van der Waals surface area contributed by atoms with Gasteiger partial charge in [0.05, 0.1) is 5.60 Å². The number of anilines is 1. The second kappa shape index (κ2) is 5.61. The van der Waals surface area contributed by atoms with Crippen LogP contribution in [0.4, 0.5) is 5.69 Å². The first kappa shape index (κ1) is 13.9. The molecule has 0 saturated carbocycles. The van der Waals surface area contributed by atoms with Crippen molar-refractivity contribution in [1.29, 1.82) is 0 Å². The molecule has 1 aromatic carbocycles. The van der Waals surface area contributed by atoms with Crippen LogP contribution in [-0.4, -0.2) is 31.2 Å². The summed E-state index contributed by atoms with van der Waals surface area (Å²) >= 11 is 0. The quantitative estimate of drug-likeness (QED) is 0.879. The fourth-order valence-corrected chi connectivity index (χ4v) is 2.41. The van der Waals surface area contributed by atoms with Crippen molar-refractivity contribution in [3.63, 3.8) is 0 Å². The van der Waals surface area contributed by atoms with Gasteiger partial charge in [0, 0.05) is 30.9 Å². The number of nitrogens with one attached hydrogen (secondary N) is 2. The number of carbonyl (C=O) groups is 1. The first-order chi connectivity index (χ1) is 9.00. The molecule has 0 bridgehead atoms. The smallest absolute Gasteiger partial charge is 0.251 e. The molecule has 1 aliphatic rings. The maximum Gasteiger partial charge on any atom is 0.251 e. The molecule has 1 saturated heterocycles. The van der Waals surface area contributed by atoms with Crippen molar-refractivity contribution in [1.82, 2.24) is 5.32 Å². The molecule has 2 N–H and O–H groups in total. The highest BCUT2D eigenvalue weighted by atomic mass is 16.5. The van der Waals surface area contributed by atoms with Gasteiger partial charge in [-0.05, 0) is 51.0 Å². The van der Waals surface area contributed by atoms with Crippen LogP contribution in [0.3, 0.4) is 0 Å². The zero-order valence-electron chi connectivity index (χ0n) is 11.8. The van der Waals surface area contributed by atoms with Crippen LogP contribution in [0, 0.1) is 0 Å². The van der Waals surface area contributed by atoms with Crippen LogP contribution in [0.5, 0.6) is 0 Å². The lowest BCUT2D eigenvalue weighted by atomic mass is 9.94. The molecule has 0 aromatic heterocycles. The molecule has 0 aliphatic carbocycles. The fourth-order valence-electron chi connectivity index (χ4n) is 2.41. The van der Waals surface area contributed by atoms with Crippen molar-refractivity contribution in [3.8, 4) is 0 Å². The maximum absolute atomic E-state index is 12.2. The maximum atomic E-state index is 12.2. The highest BCUT2D eigenvalue weighted by molar-refractivity contribution is 5.94. The van der Waals surface area contributed by atoms with Crippen LogP contribution in [0.2, 0.25) is 0 Å². The normalized spacial score (nSPS) is 21.7. The van der Waals surface area contributed by atoms with Gasteiger partial charge >= 0.3 is 0 Å². The predicted molar refractivity (Wildman–Crippen MR) is 76.5 cm³/mol. The summed E-state index contributed by atoms with van der Waals surface area (Å²) in [5.74, 6) is -0.00893. The summed E-state index contributed by atoms with van der Waals surface area (Å²) < 4.78 is 5.65. The van der Waals surface area contributed by atoms with E-state index in [0.717, 1.165) is 18.5 Å². The molecule has 1 unspecified atom stereocenters. The lowest BCUT2D eigenvalue weighted by molar-refractivity contribution is -0.0615. The van der Waals surface area contributed by atoms with E-state index in [1.807, 2.05) is 31.3 Å². The van der Waals surface area contributed by atoms with Crippen molar-refractivity contribution in [2.24, 2.45) is 0 Å². The average Bonchev–Trinajstić information content (AvgIpc) is 2.37. The summed E-state index contributed by atoms with van der Waals surface area (Å²) in [6.07, 6.45) is 1.73. The Kier molecular flexibility index (Phi) is 4.10. The Bertz CT molecular complexity index is 440. The van der Waals surface area contributed by atoms with Gasteiger partial charge in [-0.2, -0.15) is 0 Å². The first-order valence-electron chi connectivity index (χ1n) is 6.73. The van der Waals surface area contributed by atoms with E-state index in [2.05, 4.69) is 24.5 Å². The second-order valence-electron chi connectivity index (χ2n) is 5.60. The van der Waals surface area contributed by atoms with E-state index >= 15 is 0 Å². The molecule has 4 nitrogen and oxygen atoms in total. The number of hydrogen-bond acceptors (Lipinski definition) is 3. The average molecular weight is 262 g/mol. The number of amides is 1. The molecule has 19 heavy (non-hydrogen) atoms. The van der Waals surface area contributed by atoms with Crippen molar-refractivity contribution in [2.45, 2.75) is 38.3 Å². The third-order valence-electron chi connectivity index (χ3n) is 3.47. The van der Waals surface area contributed by atoms with Crippen LogP contribution in [0.1, 0.15) is 37.0 Å². The molecule has 1 amide bonds. The zero-order valence-corrected chi connectivity index (χ0v) is 11.8. The van der Waals surface area contributed by atoms with E-state index in [1.165, 1.54) is 0 Å². The van der Waals surface area contributed by atoms with E-state index in [-0.39, 0.29) is 17.6 Å². The van der Waals surface area contributed by atoms with E-state index in [1.54, 1.807) is 0 Å². The van der Waals surface area contributed by atoms with E-state index < -0.39 is 0 Å². The van der Waals surface area contributed by atoms with Gasteiger partial charge in [0.15, 0.2) is 0 Å². The Balaban J connectivity index is 1.96. The molecule has 4 heteroatoms. The fraction of sp³-hybridized carbons (Fsp3) is 0.533. The minimum absolute atomic E-state index is 0.00893. The Morgan fingerprint density at radius 3 is 2.58 bits per heavy atom. The molecule has 1 atom stereocenters. The molecule has 0 radical (unpaired) electrons. The van der Waals surface area contributed by atoms with Crippen LogP contribution >= 0.6 is 0 Å². The highest BCUT2D eigenvalue weighted by Gasteiger charge is 2.29. The SMILES string of the molecule is CNc1ccc(C(=O)NC2CCOC(C)(C)C2)cc1. The van der Waals surface area contributed by atoms with E-state index in [4.69, 9.17) is 4.74 Å². The van der Waals surface area contributed by atoms with Gasteiger partial charge in [-0.25, -0.2) is 0 Å². The molecular formula is C15H22N2O2. The third-order valence-corrected chi connectivity index (χ3v) is 3.47. The molecule has 1 aliphatic heterocycles. The Morgan fingerprint density at radius 2 is 2.00 bits per heavy atom. The standard InChI is InChI=1S/C15H22N2O2/c1-15(2)10-13(8-9-19-15)17-14(18)11-4-6-12(16-3)7-5-11/h4-7,13,16H,8-10H2,1-3H3,(H,17,18). The molecule has 0 spiro atoms. The van der Waals surface area contributed by atoms with Crippen molar-refractivity contribution < 1.29 is 9.53 Å². The summed E-state index contributed by atoms with van der Waals surface area (Å²) in [5, 5.41) is 6.13. The topological polar surface area (TPSA) is 50.4 Å². The number of ether oxygens (including phenoxy) is 1. The third kappa shape index (κ3) is 3.70. The number of carbonyl (C=O) groups excluding carboxylic acids is 1. The highest BCUT2D eigenvalue weighted by Crippen LogP contribution is 2.24. The van der Waals surface area contributed by atoms with E-state index in [0.29, 0.717) is 12.2 Å². The molecule has 104 valence electrons. The number of hydrogen-bond donors (Lipinski definition) is 2. The zero-order chi connectivity index (χ0) is 13.9. The van der Waals surface area contributed by atoms with Gasteiger partial charge in [-0.1, -0.05) is 0 Å².